The molecule has 3 rings (SSSR count). The Balaban J connectivity index is 1.67. The van der Waals surface area contributed by atoms with Crippen molar-refractivity contribution < 1.29 is 14.7 Å². The monoisotopic (exact) mass is 505 g/mol. The number of carboxylic acid groups (broad SMARTS) is 1. The molecule has 0 heterocycles. The number of rotatable bonds is 13. The second-order valence-corrected chi connectivity index (χ2v) is 10.9. The molecule has 1 aliphatic carbocycles. The van der Waals surface area contributed by atoms with Crippen LogP contribution in [0.2, 0.25) is 0 Å². The van der Waals surface area contributed by atoms with Gasteiger partial charge in [-0.3, -0.25) is 9.59 Å². The van der Waals surface area contributed by atoms with Gasteiger partial charge in [0, 0.05) is 22.3 Å². The fourth-order valence-corrected chi connectivity index (χ4v) is 6.05. The number of nitrogens with one attached hydrogen (secondary N) is 1. The molecule has 0 spiro atoms. The molecule has 2 N–H and O–H groups in total. The highest BCUT2D eigenvalue weighted by Gasteiger charge is 2.23. The van der Waals surface area contributed by atoms with Gasteiger partial charge < -0.3 is 10.4 Å². The summed E-state index contributed by atoms with van der Waals surface area (Å²) >= 11 is 1.95. The fourth-order valence-electron chi connectivity index (χ4n) is 4.74. The number of carbonyl (C=O) groups excluding carboxylic acids is 1. The van der Waals surface area contributed by atoms with Gasteiger partial charge in [0.2, 0.25) is 0 Å². The number of hydrogen-bond acceptors (Lipinski definition) is 3. The molecule has 2 aromatic carbocycles. The van der Waals surface area contributed by atoms with Crippen LogP contribution >= 0.6 is 11.8 Å². The summed E-state index contributed by atoms with van der Waals surface area (Å²) in [6, 6.07) is 15.4. The van der Waals surface area contributed by atoms with Crippen molar-refractivity contribution in [2.45, 2.75) is 75.9 Å². The van der Waals surface area contributed by atoms with E-state index in [9.17, 15) is 9.59 Å². The Kier molecular flexibility index (Phi) is 10.9. The molecule has 0 fully saturated rings. The van der Waals surface area contributed by atoms with Gasteiger partial charge in [-0.05, 0) is 67.0 Å². The first kappa shape index (κ1) is 27.8. The molecule has 2 atom stereocenters. The van der Waals surface area contributed by atoms with Gasteiger partial charge in [-0.1, -0.05) is 81.2 Å². The fraction of sp³-hybridized carbons (Fsp3) is 0.419. The van der Waals surface area contributed by atoms with Crippen molar-refractivity contribution in [3.63, 3.8) is 0 Å². The molecule has 36 heavy (non-hydrogen) atoms. The highest BCUT2D eigenvalue weighted by molar-refractivity contribution is 8.00. The van der Waals surface area contributed by atoms with Crippen LogP contribution in [0.4, 0.5) is 0 Å². The van der Waals surface area contributed by atoms with E-state index in [0.29, 0.717) is 16.7 Å². The van der Waals surface area contributed by atoms with Gasteiger partial charge in [-0.15, -0.1) is 11.8 Å². The second kappa shape index (κ2) is 14.1. The predicted molar refractivity (Wildman–Crippen MR) is 150 cm³/mol. The molecule has 0 saturated heterocycles. The van der Waals surface area contributed by atoms with Gasteiger partial charge in [-0.2, -0.15) is 0 Å². The molecule has 0 radical (unpaired) electrons. The Bertz CT molecular complexity index is 1070. The summed E-state index contributed by atoms with van der Waals surface area (Å²) in [5.41, 5.74) is 5.80. The number of carbonyl (C=O) groups is 2. The smallest absolute Gasteiger partial charge is 0.305 e. The number of thioether (sulfide) groups is 1. The number of aliphatic carboxylic acids is 1. The van der Waals surface area contributed by atoms with Crippen molar-refractivity contribution in [3.05, 3.63) is 77.4 Å². The van der Waals surface area contributed by atoms with E-state index >= 15 is 0 Å². The van der Waals surface area contributed by atoms with E-state index in [0.717, 1.165) is 12.8 Å². The van der Waals surface area contributed by atoms with Crippen molar-refractivity contribution >= 4 is 23.6 Å². The van der Waals surface area contributed by atoms with Gasteiger partial charge in [0.15, 0.2) is 0 Å². The summed E-state index contributed by atoms with van der Waals surface area (Å²) in [5, 5.41) is 11.9. The summed E-state index contributed by atoms with van der Waals surface area (Å²) in [4.78, 5) is 24.3. The van der Waals surface area contributed by atoms with E-state index in [1.54, 1.807) is 0 Å². The maximum atomic E-state index is 12.4. The van der Waals surface area contributed by atoms with E-state index in [2.05, 4.69) is 74.6 Å². The Morgan fingerprint density at radius 3 is 2.39 bits per heavy atom. The van der Waals surface area contributed by atoms with Crippen LogP contribution in [0.3, 0.4) is 0 Å². The maximum Gasteiger partial charge on any atom is 0.305 e. The number of allylic oxidation sites excluding steroid dienone is 2. The molecule has 2 aromatic rings. The van der Waals surface area contributed by atoms with Crippen LogP contribution in [0.5, 0.6) is 0 Å². The van der Waals surface area contributed by atoms with Crippen molar-refractivity contribution in [3.8, 4) is 11.1 Å². The topological polar surface area (TPSA) is 66.4 Å². The molecule has 5 heteroatoms. The molecule has 0 bridgehead atoms. The first-order valence-electron chi connectivity index (χ1n) is 13.1. The van der Waals surface area contributed by atoms with E-state index in [1.165, 1.54) is 52.8 Å². The van der Waals surface area contributed by atoms with Gasteiger partial charge >= 0.3 is 5.97 Å². The molecular formula is C31H39NO3S. The lowest BCUT2D eigenvalue weighted by Gasteiger charge is -2.26. The first-order valence-corrected chi connectivity index (χ1v) is 14.0. The van der Waals surface area contributed by atoms with Crippen LogP contribution in [-0.4, -0.2) is 28.8 Å². The minimum absolute atomic E-state index is 0.0654. The number of aryl methyl sites for hydroxylation is 2. The lowest BCUT2D eigenvalue weighted by Crippen LogP contribution is -2.28. The average molecular weight is 506 g/mol. The molecule has 1 aliphatic rings. The van der Waals surface area contributed by atoms with Crippen LogP contribution in [0.25, 0.3) is 11.1 Å². The SMILES string of the molecule is CCCCCCC(Sc1ccc(-c2c(C)cccc2C)cc1)C1C=CC(C(=O)NCCC(=O)O)=CC1. The van der Waals surface area contributed by atoms with Gasteiger partial charge in [0.25, 0.3) is 5.91 Å². The van der Waals surface area contributed by atoms with Crippen molar-refractivity contribution in [2.75, 3.05) is 6.54 Å². The number of hydrogen-bond donors (Lipinski definition) is 2. The number of carboxylic acids is 1. The molecule has 2 unspecified atom stereocenters. The molecule has 0 aromatic heterocycles. The zero-order chi connectivity index (χ0) is 25.9. The Labute approximate surface area is 220 Å². The van der Waals surface area contributed by atoms with Crippen molar-refractivity contribution in [1.82, 2.24) is 5.32 Å². The standard InChI is InChI=1S/C31H39NO3S/c1-4-5-6-7-11-28(24-12-14-26(15-13-24)31(35)32-21-20-29(33)34)36-27-18-16-25(17-19-27)30-22(2)9-8-10-23(30)3/h8-10,12,14-19,24,28H,4-7,11,13,20-21H2,1-3H3,(H,32,35)(H,33,34). The molecule has 4 nitrogen and oxygen atoms in total. The third-order valence-corrected chi connectivity index (χ3v) is 8.18. The number of benzene rings is 2. The summed E-state index contributed by atoms with van der Waals surface area (Å²) < 4.78 is 0. The largest absolute Gasteiger partial charge is 0.481 e. The van der Waals surface area contributed by atoms with Gasteiger partial charge in [-0.25, -0.2) is 0 Å². The predicted octanol–water partition coefficient (Wildman–Crippen LogP) is 7.49. The molecule has 0 saturated carbocycles. The van der Waals surface area contributed by atoms with Crippen LogP contribution < -0.4 is 5.32 Å². The Morgan fingerprint density at radius 2 is 1.78 bits per heavy atom. The summed E-state index contributed by atoms with van der Waals surface area (Å²) in [6.07, 6.45) is 12.9. The van der Waals surface area contributed by atoms with Crippen LogP contribution in [0, 0.1) is 19.8 Å². The zero-order valence-electron chi connectivity index (χ0n) is 21.8. The highest BCUT2D eigenvalue weighted by Crippen LogP contribution is 2.37. The molecular weight excluding hydrogens is 466 g/mol. The molecule has 0 aliphatic heterocycles. The normalized spacial score (nSPS) is 15.9. The highest BCUT2D eigenvalue weighted by atomic mass is 32.2. The quantitative estimate of drug-likeness (QED) is 0.219. The third kappa shape index (κ3) is 8.12. The lowest BCUT2D eigenvalue weighted by molar-refractivity contribution is -0.136. The van der Waals surface area contributed by atoms with Gasteiger partial charge in [0.1, 0.15) is 0 Å². The van der Waals surface area contributed by atoms with Crippen LogP contribution in [0.1, 0.15) is 63.0 Å². The van der Waals surface area contributed by atoms with Crippen LogP contribution in [-0.2, 0) is 9.59 Å². The Hall–Kier alpha value is -2.79. The van der Waals surface area contributed by atoms with E-state index in [-0.39, 0.29) is 18.9 Å². The zero-order valence-corrected chi connectivity index (χ0v) is 22.6. The summed E-state index contributed by atoms with van der Waals surface area (Å²) in [7, 11) is 0. The maximum absolute atomic E-state index is 12.4. The van der Waals surface area contributed by atoms with Crippen LogP contribution in [0.15, 0.2) is 71.2 Å². The Morgan fingerprint density at radius 1 is 1.06 bits per heavy atom. The minimum Gasteiger partial charge on any atom is -0.481 e. The van der Waals surface area contributed by atoms with E-state index < -0.39 is 5.97 Å². The van der Waals surface area contributed by atoms with Gasteiger partial charge in [0.05, 0.1) is 6.42 Å². The first-order chi connectivity index (χ1) is 17.4. The number of unbranched alkanes of at least 4 members (excludes halogenated alkanes) is 3. The molecule has 1 amide bonds. The summed E-state index contributed by atoms with van der Waals surface area (Å²) in [5.74, 6) is -0.737. The molecule has 192 valence electrons. The number of amides is 1. The third-order valence-electron chi connectivity index (χ3n) is 6.75. The average Bonchev–Trinajstić information content (AvgIpc) is 2.86. The minimum atomic E-state index is -0.909. The summed E-state index contributed by atoms with van der Waals surface area (Å²) in [6.45, 7) is 6.72. The van der Waals surface area contributed by atoms with E-state index in [4.69, 9.17) is 5.11 Å². The lowest BCUT2D eigenvalue weighted by atomic mass is 9.91. The second-order valence-electron chi connectivity index (χ2n) is 9.61. The van der Waals surface area contributed by atoms with Crippen molar-refractivity contribution in [1.29, 1.82) is 0 Å². The van der Waals surface area contributed by atoms with E-state index in [1.807, 2.05) is 23.9 Å². The van der Waals surface area contributed by atoms with Crippen molar-refractivity contribution in [2.24, 2.45) is 5.92 Å².